The second-order valence-corrected chi connectivity index (χ2v) is 14.8. The Hall–Kier alpha value is -7.89. The van der Waals surface area contributed by atoms with Crippen LogP contribution >= 0.6 is 0 Å². The molecule has 0 amide bonds. The molecule has 12 rings (SSSR count). The van der Waals surface area contributed by atoms with Crippen molar-refractivity contribution in [3.05, 3.63) is 200 Å². The van der Waals surface area contributed by atoms with Crippen LogP contribution in [0.15, 0.2) is 200 Å². The van der Waals surface area contributed by atoms with Crippen molar-refractivity contribution in [3.63, 3.8) is 0 Å². The molecule has 0 fully saturated rings. The van der Waals surface area contributed by atoms with Crippen molar-refractivity contribution < 1.29 is 0 Å². The fourth-order valence-corrected chi connectivity index (χ4v) is 8.86. The topological polar surface area (TPSA) is 48.0 Å². The van der Waals surface area contributed by atoms with E-state index in [2.05, 4.69) is 148 Å². The lowest BCUT2D eigenvalue weighted by atomic mass is 10.0. The van der Waals surface area contributed by atoms with E-state index in [1.165, 1.54) is 59.9 Å². The van der Waals surface area contributed by atoms with Crippen molar-refractivity contribution in [3.8, 4) is 51.0 Å². The molecule has 4 aromatic heterocycles. The highest BCUT2D eigenvalue weighted by Crippen LogP contribution is 2.42. The summed E-state index contributed by atoms with van der Waals surface area (Å²) in [6.45, 7) is 0. The first-order valence-corrected chi connectivity index (χ1v) is 19.6. The molecule has 0 saturated carbocycles. The van der Waals surface area contributed by atoms with E-state index < -0.39 is 0 Å². The van der Waals surface area contributed by atoms with E-state index in [0.717, 1.165) is 33.5 Å². The predicted octanol–water partition coefficient (Wildman–Crippen LogP) is 13.3. The Kier molecular flexibility index (Phi) is 7.16. The second-order valence-electron chi connectivity index (χ2n) is 14.8. The second kappa shape index (κ2) is 12.8. The van der Waals surface area contributed by atoms with Gasteiger partial charge in [-0.2, -0.15) is 0 Å². The van der Waals surface area contributed by atoms with Gasteiger partial charge in [0.15, 0.2) is 17.5 Å². The highest BCUT2D eigenvalue weighted by Gasteiger charge is 2.20. The molecule has 8 aromatic carbocycles. The van der Waals surface area contributed by atoms with E-state index >= 15 is 0 Å². The molecule has 0 saturated heterocycles. The molecule has 0 unspecified atom stereocenters. The molecule has 5 nitrogen and oxygen atoms in total. The van der Waals surface area contributed by atoms with Crippen LogP contribution < -0.4 is 0 Å². The molecular formula is C53H33N5. The quantitative estimate of drug-likeness (QED) is 0.165. The van der Waals surface area contributed by atoms with Gasteiger partial charge in [-0.25, -0.2) is 15.0 Å². The molecule has 12 aromatic rings. The fraction of sp³-hybridized carbons (Fsp3) is 0. The number of pyridine rings is 1. The van der Waals surface area contributed by atoms with Crippen LogP contribution in [0.25, 0.3) is 111 Å². The van der Waals surface area contributed by atoms with E-state index in [9.17, 15) is 0 Å². The van der Waals surface area contributed by atoms with Gasteiger partial charge in [-0.1, -0.05) is 164 Å². The van der Waals surface area contributed by atoms with Crippen LogP contribution in [-0.4, -0.2) is 23.9 Å². The summed E-state index contributed by atoms with van der Waals surface area (Å²) in [5.74, 6) is 1.95. The highest BCUT2D eigenvalue weighted by molar-refractivity contribution is 6.28. The molecule has 0 bridgehead atoms. The van der Waals surface area contributed by atoms with Gasteiger partial charge in [0.2, 0.25) is 0 Å². The summed E-state index contributed by atoms with van der Waals surface area (Å²) in [6.07, 6.45) is 0. The third-order valence-electron chi connectivity index (χ3n) is 11.5. The first-order chi connectivity index (χ1) is 28.8. The van der Waals surface area contributed by atoms with E-state index in [0.29, 0.717) is 17.5 Å². The lowest BCUT2D eigenvalue weighted by molar-refractivity contribution is 1.07. The van der Waals surface area contributed by atoms with E-state index in [1.807, 2.05) is 60.7 Å². The van der Waals surface area contributed by atoms with Crippen molar-refractivity contribution in [2.45, 2.75) is 0 Å². The molecule has 0 spiro atoms. The summed E-state index contributed by atoms with van der Waals surface area (Å²) < 4.78 is 4.91. The zero-order chi connectivity index (χ0) is 38.2. The maximum atomic E-state index is 4.93. The average molecular weight is 740 g/mol. The standard InChI is InChI=1S/C53H33N5/c1-3-13-36(14-4-1)51-54-52(37-15-5-2-6-16-37)56-53(55-51)38-25-23-34(24-26-38)35-27-29-40(30-28-35)57-46-21-11-9-19-42(46)44-32-31-43-41-18-8-12-22-47(41)58-45-20-10-7-17-39(45)33-48(58)49(43)50(44)57/h1-33H. The molecular weight excluding hydrogens is 707 g/mol. The Morgan fingerprint density at radius 2 is 0.776 bits per heavy atom. The molecule has 270 valence electrons. The normalized spacial score (nSPS) is 11.8. The number of aromatic nitrogens is 5. The van der Waals surface area contributed by atoms with Crippen LogP contribution in [0.3, 0.4) is 0 Å². The van der Waals surface area contributed by atoms with Gasteiger partial charge >= 0.3 is 0 Å². The minimum absolute atomic E-state index is 0.644. The summed E-state index contributed by atoms with van der Waals surface area (Å²) in [6, 6.07) is 71.0. The predicted molar refractivity (Wildman–Crippen MR) is 239 cm³/mol. The van der Waals surface area contributed by atoms with Crippen LogP contribution in [0.1, 0.15) is 0 Å². The van der Waals surface area contributed by atoms with Crippen LogP contribution in [-0.2, 0) is 0 Å². The monoisotopic (exact) mass is 739 g/mol. The summed E-state index contributed by atoms with van der Waals surface area (Å²) in [4.78, 5) is 14.7. The van der Waals surface area contributed by atoms with Gasteiger partial charge in [0.05, 0.1) is 27.6 Å². The molecule has 0 aliphatic rings. The fourth-order valence-electron chi connectivity index (χ4n) is 8.86. The number of nitrogens with zero attached hydrogens (tertiary/aromatic N) is 5. The summed E-state index contributed by atoms with van der Waals surface area (Å²) in [5, 5.41) is 7.48. The SMILES string of the molecule is c1ccc(-c2nc(-c3ccccc3)nc(-c3ccc(-c4ccc(-n5c6ccccc6c6ccc7c8ccccc8n8c9ccccc9cc8c7c65)cc4)cc3)n2)cc1. The molecule has 0 aliphatic carbocycles. The zero-order valence-electron chi connectivity index (χ0n) is 31.3. The van der Waals surface area contributed by atoms with E-state index in [1.54, 1.807) is 0 Å². The first-order valence-electron chi connectivity index (χ1n) is 19.6. The van der Waals surface area contributed by atoms with Crippen LogP contribution in [0.5, 0.6) is 0 Å². The van der Waals surface area contributed by atoms with E-state index in [4.69, 9.17) is 15.0 Å². The Labute approximate surface area is 333 Å². The number of rotatable bonds is 5. The highest BCUT2D eigenvalue weighted by atomic mass is 15.0. The van der Waals surface area contributed by atoms with Crippen molar-refractivity contribution in [2.24, 2.45) is 0 Å². The largest absolute Gasteiger partial charge is 0.309 e. The lowest BCUT2D eigenvalue weighted by Gasteiger charge is -2.14. The summed E-state index contributed by atoms with van der Waals surface area (Å²) in [5.41, 5.74) is 12.3. The molecule has 58 heavy (non-hydrogen) atoms. The van der Waals surface area contributed by atoms with Crippen molar-refractivity contribution in [1.82, 2.24) is 23.9 Å². The Balaban J connectivity index is 0.992. The number of hydrogen-bond acceptors (Lipinski definition) is 3. The van der Waals surface area contributed by atoms with Crippen molar-refractivity contribution in [2.75, 3.05) is 0 Å². The molecule has 4 heterocycles. The van der Waals surface area contributed by atoms with Crippen molar-refractivity contribution >= 4 is 59.9 Å². The Morgan fingerprint density at radius 3 is 1.41 bits per heavy atom. The maximum Gasteiger partial charge on any atom is 0.164 e. The van der Waals surface area contributed by atoms with Crippen LogP contribution in [0.2, 0.25) is 0 Å². The van der Waals surface area contributed by atoms with Gasteiger partial charge in [-0.15, -0.1) is 0 Å². The van der Waals surface area contributed by atoms with Crippen LogP contribution in [0.4, 0.5) is 0 Å². The number of fused-ring (bicyclic) bond motifs is 12. The van der Waals surface area contributed by atoms with Crippen LogP contribution in [0, 0.1) is 0 Å². The van der Waals surface area contributed by atoms with E-state index in [-0.39, 0.29) is 0 Å². The smallest absolute Gasteiger partial charge is 0.164 e. The summed E-state index contributed by atoms with van der Waals surface area (Å²) >= 11 is 0. The molecule has 5 heteroatoms. The van der Waals surface area contributed by atoms with Gasteiger partial charge in [0, 0.05) is 49.3 Å². The maximum absolute atomic E-state index is 4.93. The molecule has 0 aliphatic heterocycles. The molecule has 0 N–H and O–H groups in total. The lowest BCUT2D eigenvalue weighted by Crippen LogP contribution is -2.00. The Bertz CT molecular complexity index is 3470. The third kappa shape index (κ3) is 5.00. The van der Waals surface area contributed by atoms with Gasteiger partial charge in [0.25, 0.3) is 0 Å². The Morgan fingerprint density at radius 1 is 0.310 bits per heavy atom. The van der Waals surface area contributed by atoms with Gasteiger partial charge < -0.3 is 8.97 Å². The minimum atomic E-state index is 0.644. The number of para-hydroxylation sites is 3. The zero-order valence-corrected chi connectivity index (χ0v) is 31.3. The molecule has 0 radical (unpaired) electrons. The first kappa shape index (κ1) is 32.4. The summed E-state index contributed by atoms with van der Waals surface area (Å²) in [7, 11) is 0. The average Bonchev–Trinajstić information content (AvgIpc) is 3.86. The van der Waals surface area contributed by atoms with Gasteiger partial charge in [-0.3, -0.25) is 0 Å². The third-order valence-corrected chi connectivity index (χ3v) is 11.5. The number of hydrogen-bond donors (Lipinski definition) is 0. The van der Waals surface area contributed by atoms with Crippen molar-refractivity contribution in [1.29, 1.82) is 0 Å². The minimum Gasteiger partial charge on any atom is -0.309 e. The van der Waals surface area contributed by atoms with Gasteiger partial charge in [-0.05, 0) is 52.9 Å². The molecule has 0 atom stereocenters. The number of benzene rings is 8. The van der Waals surface area contributed by atoms with Gasteiger partial charge in [0.1, 0.15) is 0 Å².